The maximum atomic E-state index is 14.4. The average molecular weight is 561 g/mol. The molecule has 7 nitrogen and oxygen atoms in total. The van der Waals surface area contributed by atoms with Crippen LogP contribution in [0.15, 0.2) is 46.3 Å². The van der Waals surface area contributed by atoms with Crippen LogP contribution in [0.25, 0.3) is 11.8 Å². The van der Waals surface area contributed by atoms with E-state index in [0.29, 0.717) is 5.56 Å². The number of benzene rings is 1. The third-order valence-electron chi connectivity index (χ3n) is 10.1. The molecular formula is C34H40O7. The minimum atomic E-state index is -2.60. The number of carbonyl (C=O) groups is 3. The lowest BCUT2D eigenvalue weighted by Gasteiger charge is -2.59. The first kappa shape index (κ1) is 29.1. The highest BCUT2D eigenvalue weighted by Gasteiger charge is 2.72. The highest BCUT2D eigenvalue weighted by Crippen LogP contribution is 2.65. The normalized spacial score (nSPS) is 32.0. The van der Waals surface area contributed by atoms with Gasteiger partial charge in [0.25, 0.3) is 0 Å². The van der Waals surface area contributed by atoms with Crippen LogP contribution in [0.5, 0.6) is 5.75 Å². The van der Waals surface area contributed by atoms with Crippen molar-refractivity contribution in [3.05, 3.63) is 63.0 Å². The molecule has 4 N–H and O–H groups in total. The van der Waals surface area contributed by atoms with Gasteiger partial charge >= 0.3 is 0 Å². The fraction of sp³-hybridized carbons (Fsp3) is 0.500. The fourth-order valence-electron chi connectivity index (χ4n) is 8.40. The average Bonchev–Trinajstić information content (AvgIpc) is 2.87. The number of Topliss-reactive ketones (excluding diaryl/α,β-unsaturated/α-hetero) is 3. The smallest absolute Gasteiger partial charge is 0.203 e. The van der Waals surface area contributed by atoms with Gasteiger partial charge in [-0.1, -0.05) is 45.9 Å². The molecule has 1 saturated carbocycles. The molecule has 41 heavy (non-hydrogen) atoms. The number of aromatic hydroxyl groups is 1. The molecule has 5 rings (SSSR count). The molecule has 0 spiro atoms. The van der Waals surface area contributed by atoms with Crippen molar-refractivity contribution in [3.8, 4) is 5.75 Å². The first-order valence-corrected chi connectivity index (χ1v) is 14.5. The van der Waals surface area contributed by atoms with E-state index in [1.54, 1.807) is 26.8 Å². The van der Waals surface area contributed by atoms with Crippen LogP contribution < -0.4 is 0 Å². The summed E-state index contributed by atoms with van der Waals surface area (Å²) in [5.74, 6) is -5.17. The molecule has 0 heterocycles. The second-order valence-electron chi connectivity index (χ2n) is 13.3. The van der Waals surface area contributed by atoms with Crippen molar-refractivity contribution >= 4 is 29.2 Å². The second-order valence-corrected chi connectivity index (χ2v) is 13.3. The Kier molecular flexibility index (Phi) is 6.77. The molecule has 0 amide bonds. The number of ketones is 3. The molecule has 1 aromatic carbocycles. The van der Waals surface area contributed by atoms with Gasteiger partial charge in [-0.15, -0.1) is 0 Å². The SMILES string of the molecule is CC(=O)C1=C(O)[C@]2(O)C(=O)C3=C(O)c4c(O)ccc(/C=C(\C)C5=CCCCC5)c4C[C@]3(C)C[C@]2(C)C(C(C)C)C1=O. The molecule has 0 aromatic heterocycles. The van der Waals surface area contributed by atoms with Crippen molar-refractivity contribution in [1.29, 1.82) is 0 Å². The van der Waals surface area contributed by atoms with E-state index < -0.39 is 56.8 Å². The maximum Gasteiger partial charge on any atom is 0.203 e. The third kappa shape index (κ3) is 3.92. The van der Waals surface area contributed by atoms with E-state index in [0.717, 1.165) is 37.3 Å². The Morgan fingerprint density at radius 3 is 2.34 bits per heavy atom. The minimum Gasteiger partial charge on any atom is -0.508 e. The number of allylic oxidation sites excluding steroid dienone is 4. The van der Waals surface area contributed by atoms with Crippen molar-refractivity contribution in [3.63, 3.8) is 0 Å². The third-order valence-corrected chi connectivity index (χ3v) is 10.1. The number of hydrogen-bond donors (Lipinski definition) is 4. The first-order chi connectivity index (χ1) is 19.1. The van der Waals surface area contributed by atoms with Crippen molar-refractivity contribution in [2.24, 2.45) is 22.7 Å². The molecule has 218 valence electrons. The molecular weight excluding hydrogens is 520 g/mol. The molecule has 1 fully saturated rings. The van der Waals surface area contributed by atoms with Crippen LogP contribution in [0, 0.1) is 22.7 Å². The topological polar surface area (TPSA) is 132 Å². The zero-order valence-corrected chi connectivity index (χ0v) is 24.7. The van der Waals surface area contributed by atoms with Crippen molar-refractivity contribution < 1.29 is 34.8 Å². The summed E-state index contributed by atoms with van der Waals surface area (Å²) in [5.41, 5.74) is -1.80. The Bertz CT molecular complexity index is 1520. The van der Waals surface area contributed by atoms with Crippen molar-refractivity contribution in [1.82, 2.24) is 0 Å². The van der Waals surface area contributed by atoms with Crippen LogP contribution in [-0.2, 0) is 20.8 Å². The fourth-order valence-corrected chi connectivity index (χ4v) is 8.40. The number of aliphatic hydroxyl groups is 3. The highest BCUT2D eigenvalue weighted by molar-refractivity contribution is 6.24. The van der Waals surface area contributed by atoms with Gasteiger partial charge in [0.1, 0.15) is 22.8 Å². The number of aliphatic hydroxyl groups excluding tert-OH is 2. The van der Waals surface area contributed by atoms with Gasteiger partial charge in [0.2, 0.25) is 5.78 Å². The van der Waals surface area contributed by atoms with Crippen molar-refractivity contribution in [2.75, 3.05) is 0 Å². The van der Waals surface area contributed by atoms with E-state index >= 15 is 0 Å². The molecule has 0 bridgehead atoms. The van der Waals surface area contributed by atoms with Gasteiger partial charge in [-0.2, -0.15) is 0 Å². The number of phenolic OH excluding ortho intramolecular Hbond substituents is 1. The molecule has 0 aliphatic heterocycles. The summed E-state index contributed by atoms with van der Waals surface area (Å²) in [5, 5.41) is 46.0. The number of fused-ring (bicyclic) bond motifs is 3. The van der Waals surface area contributed by atoms with Gasteiger partial charge in [-0.3, -0.25) is 14.4 Å². The molecule has 0 radical (unpaired) electrons. The number of hydrogen-bond acceptors (Lipinski definition) is 7. The van der Waals surface area contributed by atoms with E-state index in [4.69, 9.17) is 0 Å². The molecule has 4 aliphatic rings. The Balaban J connectivity index is 1.76. The molecule has 1 aromatic rings. The monoisotopic (exact) mass is 560 g/mol. The maximum absolute atomic E-state index is 14.4. The Morgan fingerprint density at radius 2 is 1.76 bits per heavy atom. The summed E-state index contributed by atoms with van der Waals surface area (Å²) in [7, 11) is 0. The van der Waals surface area contributed by atoms with Gasteiger partial charge in [0, 0.05) is 22.3 Å². The molecule has 1 unspecified atom stereocenters. The predicted octanol–water partition coefficient (Wildman–Crippen LogP) is 6.09. The largest absolute Gasteiger partial charge is 0.508 e. The van der Waals surface area contributed by atoms with E-state index in [-0.39, 0.29) is 35.6 Å². The van der Waals surface area contributed by atoms with Gasteiger partial charge in [-0.05, 0) is 86.6 Å². The summed E-state index contributed by atoms with van der Waals surface area (Å²) in [4.78, 5) is 40.6. The van der Waals surface area contributed by atoms with E-state index in [1.165, 1.54) is 18.1 Å². The lowest BCUT2D eigenvalue weighted by molar-refractivity contribution is -0.178. The summed E-state index contributed by atoms with van der Waals surface area (Å²) in [6.07, 6.45) is 8.96. The number of carbonyl (C=O) groups excluding carboxylic acids is 3. The zero-order chi connectivity index (χ0) is 30.2. The van der Waals surface area contributed by atoms with Gasteiger partial charge in [-0.25, -0.2) is 0 Å². The van der Waals surface area contributed by atoms with Crippen LogP contribution in [0.4, 0.5) is 0 Å². The van der Waals surface area contributed by atoms with Crippen LogP contribution >= 0.6 is 0 Å². The lowest BCUT2D eigenvalue weighted by atomic mass is 9.43. The van der Waals surface area contributed by atoms with Gasteiger partial charge in [0.05, 0.1) is 5.56 Å². The number of rotatable bonds is 4. The zero-order valence-electron chi connectivity index (χ0n) is 24.7. The Morgan fingerprint density at radius 1 is 1.07 bits per heavy atom. The van der Waals surface area contributed by atoms with Crippen LogP contribution in [0.3, 0.4) is 0 Å². The summed E-state index contributed by atoms with van der Waals surface area (Å²) >= 11 is 0. The summed E-state index contributed by atoms with van der Waals surface area (Å²) in [6.45, 7) is 10.2. The van der Waals surface area contributed by atoms with Crippen molar-refractivity contribution in [2.45, 2.75) is 85.7 Å². The van der Waals surface area contributed by atoms with Gasteiger partial charge < -0.3 is 20.4 Å². The Labute approximate surface area is 241 Å². The van der Waals surface area contributed by atoms with E-state index in [2.05, 4.69) is 19.1 Å². The van der Waals surface area contributed by atoms with E-state index in [1.807, 2.05) is 6.92 Å². The molecule has 4 aliphatic carbocycles. The highest BCUT2D eigenvalue weighted by atomic mass is 16.3. The Hall–Kier alpha value is -3.45. The standard InChI is InChI=1S/C34H40O7/c1-17(2)26-28(37)24(19(4)35)30(39)34(41)31(40)27-29(38)25-22(15-32(27,5)16-33(26,34)6)21(12-13-23(25)36)14-18(3)20-10-8-7-9-11-20/h10,12-14,17,26,36,38-39,41H,7-9,11,15-16H2,1-6H3/b18-14+/t26?,32-,33-,34+/m1/s1. The van der Waals surface area contributed by atoms with E-state index in [9.17, 15) is 34.8 Å². The molecule has 7 heteroatoms. The summed E-state index contributed by atoms with van der Waals surface area (Å²) < 4.78 is 0. The summed E-state index contributed by atoms with van der Waals surface area (Å²) in [6, 6.07) is 3.29. The lowest BCUT2D eigenvalue weighted by Crippen LogP contribution is -2.69. The predicted molar refractivity (Wildman–Crippen MR) is 156 cm³/mol. The minimum absolute atomic E-state index is 0.0772. The van der Waals surface area contributed by atoms with Crippen LogP contribution in [-0.4, -0.2) is 43.4 Å². The molecule has 0 saturated heterocycles. The van der Waals surface area contributed by atoms with Crippen LogP contribution in [0.2, 0.25) is 0 Å². The molecule has 4 atom stereocenters. The number of phenols is 1. The van der Waals surface area contributed by atoms with Crippen LogP contribution in [0.1, 0.15) is 90.3 Å². The van der Waals surface area contributed by atoms with Gasteiger partial charge in [0.15, 0.2) is 17.2 Å². The second kappa shape index (κ2) is 9.55. The quantitative estimate of drug-likeness (QED) is 0.328. The first-order valence-electron chi connectivity index (χ1n) is 14.5.